The van der Waals surface area contributed by atoms with Crippen molar-refractivity contribution >= 4 is 16.8 Å². The Balaban J connectivity index is 1.56. The molecular formula is C18H15F3N4O3. The van der Waals surface area contributed by atoms with Crippen LogP contribution in [0.25, 0.3) is 10.9 Å². The molecule has 0 bridgehead atoms. The summed E-state index contributed by atoms with van der Waals surface area (Å²) in [5.41, 5.74) is 0.675. The SMILES string of the molecule is O=C(Cn1nnc2ccccc2c1=O)NCc1ccc(OCC(F)(F)F)cc1. The number of hydrogen-bond acceptors (Lipinski definition) is 5. The highest BCUT2D eigenvalue weighted by atomic mass is 19.4. The van der Waals surface area contributed by atoms with E-state index in [0.29, 0.717) is 16.5 Å². The molecule has 0 aliphatic carbocycles. The highest BCUT2D eigenvalue weighted by Gasteiger charge is 2.28. The summed E-state index contributed by atoms with van der Waals surface area (Å²) in [6.45, 7) is -1.54. The van der Waals surface area contributed by atoms with Gasteiger partial charge in [-0.25, -0.2) is 4.68 Å². The smallest absolute Gasteiger partial charge is 0.422 e. The van der Waals surface area contributed by atoms with Gasteiger partial charge in [0.05, 0.1) is 5.39 Å². The second-order valence-corrected chi connectivity index (χ2v) is 5.89. The molecule has 1 amide bonds. The van der Waals surface area contributed by atoms with Crippen molar-refractivity contribution in [1.82, 2.24) is 20.3 Å². The van der Waals surface area contributed by atoms with Gasteiger partial charge in [-0.1, -0.05) is 29.5 Å². The van der Waals surface area contributed by atoms with E-state index in [1.807, 2.05) is 0 Å². The Morgan fingerprint density at radius 2 is 1.82 bits per heavy atom. The average Bonchev–Trinajstić information content (AvgIpc) is 2.67. The first kappa shape index (κ1) is 19.3. The van der Waals surface area contributed by atoms with Crippen molar-refractivity contribution in [3.8, 4) is 5.75 Å². The lowest BCUT2D eigenvalue weighted by Crippen LogP contribution is -2.34. The number of hydrogen-bond donors (Lipinski definition) is 1. The van der Waals surface area contributed by atoms with Gasteiger partial charge in [0.1, 0.15) is 17.8 Å². The summed E-state index contributed by atoms with van der Waals surface area (Å²) in [5.74, 6) is -0.380. The van der Waals surface area contributed by atoms with E-state index in [2.05, 4.69) is 20.4 Å². The molecule has 0 radical (unpaired) electrons. The summed E-state index contributed by atoms with van der Waals surface area (Å²) < 4.78 is 41.9. The molecule has 1 N–H and O–H groups in total. The molecule has 0 saturated carbocycles. The number of nitrogens with one attached hydrogen (secondary N) is 1. The number of carbonyl (C=O) groups is 1. The minimum Gasteiger partial charge on any atom is -0.484 e. The molecule has 0 aliphatic heterocycles. The van der Waals surface area contributed by atoms with Crippen molar-refractivity contribution in [2.24, 2.45) is 0 Å². The number of ether oxygens (including phenoxy) is 1. The van der Waals surface area contributed by atoms with Crippen LogP contribution in [0.1, 0.15) is 5.56 Å². The Morgan fingerprint density at radius 1 is 1.11 bits per heavy atom. The first-order valence-corrected chi connectivity index (χ1v) is 8.19. The summed E-state index contributed by atoms with van der Waals surface area (Å²) in [7, 11) is 0. The van der Waals surface area contributed by atoms with Crippen molar-refractivity contribution in [2.75, 3.05) is 6.61 Å². The van der Waals surface area contributed by atoms with Crippen molar-refractivity contribution < 1.29 is 22.7 Å². The Labute approximate surface area is 156 Å². The van der Waals surface area contributed by atoms with Gasteiger partial charge in [-0.3, -0.25) is 9.59 Å². The Morgan fingerprint density at radius 3 is 2.54 bits per heavy atom. The van der Waals surface area contributed by atoms with Crippen molar-refractivity contribution in [3.05, 3.63) is 64.4 Å². The zero-order chi connectivity index (χ0) is 20.1. The molecule has 7 nitrogen and oxygen atoms in total. The minimum absolute atomic E-state index is 0.0744. The number of nitrogens with zero attached hydrogens (tertiary/aromatic N) is 3. The van der Waals surface area contributed by atoms with Gasteiger partial charge in [-0.15, -0.1) is 5.10 Å². The number of halogens is 3. The van der Waals surface area contributed by atoms with E-state index in [4.69, 9.17) is 0 Å². The number of carbonyl (C=O) groups excluding carboxylic acids is 1. The summed E-state index contributed by atoms with van der Waals surface area (Å²) >= 11 is 0. The van der Waals surface area contributed by atoms with E-state index in [-0.39, 0.29) is 18.8 Å². The topological polar surface area (TPSA) is 86.1 Å². The molecule has 0 aliphatic rings. The molecule has 0 spiro atoms. The maximum atomic E-state index is 12.3. The van der Waals surface area contributed by atoms with Crippen molar-refractivity contribution in [1.29, 1.82) is 0 Å². The molecule has 2 aromatic carbocycles. The van der Waals surface area contributed by atoms with E-state index < -0.39 is 24.2 Å². The molecule has 3 rings (SSSR count). The van der Waals surface area contributed by atoms with E-state index in [1.54, 1.807) is 24.3 Å². The van der Waals surface area contributed by atoms with Crippen molar-refractivity contribution in [3.63, 3.8) is 0 Å². The predicted molar refractivity (Wildman–Crippen MR) is 93.6 cm³/mol. The molecular weight excluding hydrogens is 377 g/mol. The van der Waals surface area contributed by atoms with Crippen LogP contribution in [-0.4, -0.2) is 33.7 Å². The van der Waals surface area contributed by atoms with Crippen LogP contribution in [0.5, 0.6) is 5.75 Å². The van der Waals surface area contributed by atoms with Gasteiger partial charge in [0, 0.05) is 6.54 Å². The molecule has 1 aromatic heterocycles. The summed E-state index contributed by atoms with van der Waals surface area (Å²) in [6, 6.07) is 12.5. The highest BCUT2D eigenvalue weighted by Crippen LogP contribution is 2.18. The largest absolute Gasteiger partial charge is 0.484 e. The summed E-state index contributed by atoms with van der Waals surface area (Å²) in [6.07, 6.45) is -4.41. The normalized spacial score (nSPS) is 11.4. The van der Waals surface area contributed by atoms with Crippen LogP contribution < -0.4 is 15.6 Å². The Bertz CT molecular complexity index is 1030. The number of rotatable bonds is 6. The van der Waals surface area contributed by atoms with Crippen LogP contribution in [0, 0.1) is 0 Å². The monoisotopic (exact) mass is 392 g/mol. The second-order valence-electron chi connectivity index (χ2n) is 5.89. The van der Waals surface area contributed by atoms with Gasteiger partial charge in [-0.05, 0) is 29.8 Å². The summed E-state index contributed by atoms with van der Waals surface area (Å²) in [4.78, 5) is 24.4. The van der Waals surface area contributed by atoms with Crippen LogP contribution >= 0.6 is 0 Å². The fraction of sp³-hybridized carbons (Fsp3) is 0.222. The Kier molecular flexibility index (Phi) is 5.57. The van der Waals surface area contributed by atoms with Gasteiger partial charge < -0.3 is 10.1 Å². The fourth-order valence-corrected chi connectivity index (χ4v) is 2.39. The zero-order valence-corrected chi connectivity index (χ0v) is 14.4. The third-order valence-corrected chi connectivity index (χ3v) is 3.74. The first-order chi connectivity index (χ1) is 13.3. The summed E-state index contributed by atoms with van der Waals surface area (Å²) in [5, 5.41) is 10.6. The van der Waals surface area contributed by atoms with E-state index >= 15 is 0 Å². The molecule has 0 unspecified atom stereocenters. The standard InChI is InChI=1S/C18H15F3N4O3/c19-18(20,21)11-28-13-7-5-12(6-8-13)9-22-16(26)10-25-17(27)14-3-1-2-4-15(14)23-24-25/h1-8H,9-11H2,(H,22,26). The molecule has 10 heteroatoms. The highest BCUT2D eigenvalue weighted by molar-refractivity contribution is 5.78. The quantitative estimate of drug-likeness (QED) is 0.694. The third-order valence-electron chi connectivity index (χ3n) is 3.74. The van der Waals surface area contributed by atoms with Crippen LogP contribution in [0.2, 0.25) is 0 Å². The second kappa shape index (κ2) is 8.07. The zero-order valence-electron chi connectivity index (χ0n) is 14.4. The maximum Gasteiger partial charge on any atom is 0.422 e. The van der Waals surface area contributed by atoms with Gasteiger partial charge in [-0.2, -0.15) is 13.2 Å². The maximum absolute atomic E-state index is 12.3. The lowest BCUT2D eigenvalue weighted by molar-refractivity contribution is -0.153. The van der Waals surface area contributed by atoms with Gasteiger partial charge in [0.15, 0.2) is 6.61 Å². The fourth-order valence-electron chi connectivity index (χ4n) is 2.39. The lowest BCUT2D eigenvalue weighted by atomic mass is 10.2. The average molecular weight is 392 g/mol. The van der Waals surface area contributed by atoms with Crippen LogP contribution in [0.3, 0.4) is 0 Å². The number of fused-ring (bicyclic) bond motifs is 1. The molecule has 3 aromatic rings. The van der Waals surface area contributed by atoms with Crippen molar-refractivity contribution in [2.45, 2.75) is 19.3 Å². The Hall–Kier alpha value is -3.43. The number of aromatic nitrogens is 3. The van der Waals surface area contributed by atoms with E-state index in [1.165, 1.54) is 24.3 Å². The molecule has 28 heavy (non-hydrogen) atoms. The molecule has 0 fully saturated rings. The lowest BCUT2D eigenvalue weighted by Gasteiger charge is -2.10. The minimum atomic E-state index is -4.41. The third kappa shape index (κ3) is 5.06. The molecule has 146 valence electrons. The van der Waals surface area contributed by atoms with Gasteiger partial charge in [0.2, 0.25) is 5.91 Å². The number of alkyl halides is 3. The van der Waals surface area contributed by atoms with Gasteiger partial charge in [0.25, 0.3) is 5.56 Å². The number of benzene rings is 2. The first-order valence-electron chi connectivity index (χ1n) is 8.19. The number of amides is 1. The van der Waals surface area contributed by atoms with E-state index in [0.717, 1.165) is 4.68 Å². The van der Waals surface area contributed by atoms with E-state index in [9.17, 15) is 22.8 Å². The molecule has 0 saturated heterocycles. The molecule has 0 atom stereocenters. The van der Waals surface area contributed by atoms with Gasteiger partial charge >= 0.3 is 6.18 Å². The predicted octanol–water partition coefficient (Wildman–Crippen LogP) is 2.05. The molecule has 1 heterocycles. The van der Waals surface area contributed by atoms with Crippen LogP contribution in [0.4, 0.5) is 13.2 Å². The van der Waals surface area contributed by atoms with Crippen LogP contribution in [0.15, 0.2) is 53.3 Å². The van der Waals surface area contributed by atoms with Crippen LogP contribution in [-0.2, 0) is 17.9 Å².